The molecular formula is C13H18ClNOS2. The van der Waals surface area contributed by atoms with Crippen LogP contribution in [0.5, 0.6) is 0 Å². The molecule has 0 saturated carbocycles. The van der Waals surface area contributed by atoms with Crippen LogP contribution in [-0.4, -0.2) is 23.6 Å². The van der Waals surface area contributed by atoms with Crippen molar-refractivity contribution >= 4 is 40.6 Å². The van der Waals surface area contributed by atoms with Crippen LogP contribution in [0.15, 0.2) is 6.07 Å². The molecule has 18 heavy (non-hydrogen) atoms. The summed E-state index contributed by atoms with van der Waals surface area (Å²) in [5.74, 6) is 2.31. The van der Waals surface area contributed by atoms with Crippen LogP contribution in [0, 0.1) is 0 Å². The summed E-state index contributed by atoms with van der Waals surface area (Å²) in [6, 6.07) is 2.06. The number of nitrogens with one attached hydrogen (secondary N) is 1. The first-order valence-electron chi connectivity index (χ1n) is 6.28. The number of halogens is 1. The van der Waals surface area contributed by atoms with Gasteiger partial charge < -0.3 is 5.32 Å². The van der Waals surface area contributed by atoms with Crippen molar-refractivity contribution in [2.75, 3.05) is 12.3 Å². The number of fused-ring (bicyclic) bond motifs is 1. The van der Waals surface area contributed by atoms with E-state index in [-0.39, 0.29) is 11.3 Å². The maximum absolute atomic E-state index is 12.0. The standard InChI is InChI=1S/C13H18ClNOS2/c1-9(14)3-2-5-15-13(16)12-7-10-8-17-6-4-11(10)18-12/h7,9H,2-6,8H2,1H3,(H,15,16). The number of hydrogen-bond acceptors (Lipinski definition) is 3. The molecule has 1 N–H and O–H groups in total. The minimum atomic E-state index is 0.0709. The maximum Gasteiger partial charge on any atom is 0.261 e. The lowest BCUT2D eigenvalue weighted by Crippen LogP contribution is -2.23. The largest absolute Gasteiger partial charge is 0.351 e. The number of amides is 1. The zero-order valence-electron chi connectivity index (χ0n) is 10.5. The van der Waals surface area contributed by atoms with E-state index in [1.165, 1.54) is 16.2 Å². The number of carbonyl (C=O) groups excluding carboxylic acids is 1. The summed E-state index contributed by atoms with van der Waals surface area (Å²) in [7, 11) is 0. The Hall–Kier alpha value is -0.190. The molecule has 2 rings (SSSR count). The maximum atomic E-state index is 12.0. The summed E-state index contributed by atoms with van der Waals surface area (Å²) < 4.78 is 0. The highest BCUT2D eigenvalue weighted by atomic mass is 35.5. The van der Waals surface area contributed by atoms with Gasteiger partial charge in [-0.05, 0) is 43.6 Å². The van der Waals surface area contributed by atoms with Crippen LogP contribution in [0.25, 0.3) is 0 Å². The topological polar surface area (TPSA) is 29.1 Å². The lowest BCUT2D eigenvalue weighted by atomic mass is 10.2. The molecule has 1 atom stereocenters. The number of hydrogen-bond donors (Lipinski definition) is 1. The molecular weight excluding hydrogens is 286 g/mol. The van der Waals surface area contributed by atoms with Gasteiger partial charge >= 0.3 is 0 Å². The monoisotopic (exact) mass is 303 g/mol. The summed E-state index contributed by atoms with van der Waals surface area (Å²) in [5, 5.41) is 3.16. The minimum absolute atomic E-state index is 0.0709. The predicted molar refractivity (Wildman–Crippen MR) is 81.1 cm³/mol. The van der Waals surface area contributed by atoms with Gasteiger partial charge in [0.1, 0.15) is 0 Å². The van der Waals surface area contributed by atoms with Crippen molar-refractivity contribution in [2.45, 2.75) is 37.3 Å². The molecule has 5 heteroatoms. The zero-order valence-corrected chi connectivity index (χ0v) is 12.9. The predicted octanol–water partition coefficient (Wildman–Crippen LogP) is 3.67. The van der Waals surface area contributed by atoms with E-state index in [0.29, 0.717) is 6.54 Å². The van der Waals surface area contributed by atoms with Gasteiger partial charge in [0.05, 0.1) is 4.88 Å². The van der Waals surface area contributed by atoms with E-state index >= 15 is 0 Å². The normalized spacial score (nSPS) is 16.1. The Morgan fingerprint density at radius 2 is 2.44 bits per heavy atom. The quantitative estimate of drug-likeness (QED) is 0.664. The van der Waals surface area contributed by atoms with Crippen molar-refractivity contribution in [1.29, 1.82) is 0 Å². The highest BCUT2D eigenvalue weighted by molar-refractivity contribution is 7.98. The molecule has 100 valence electrons. The first-order chi connectivity index (χ1) is 8.66. The van der Waals surface area contributed by atoms with E-state index in [9.17, 15) is 4.79 Å². The number of rotatable bonds is 5. The highest BCUT2D eigenvalue weighted by Gasteiger charge is 2.17. The lowest BCUT2D eigenvalue weighted by molar-refractivity contribution is 0.0957. The fourth-order valence-electron chi connectivity index (χ4n) is 1.93. The average molecular weight is 304 g/mol. The van der Waals surface area contributed by atoms with Crippen LogP contribution in [0.3, 0.4) is 0 Å². The molecule has 2 heterocycles. The molecule has 0 bridgehead atoms. The van der Waals surface area contributed by atoms with Crippen LogP contribution in [0.2, 0.25) is 0 Å². The molecule has 0 aromatic carbocycles. The van der Waals surface area contributed by atoms with Crippen LogP contribution in [0.1, 0.15) is 39.9 Å². The van der Waals surface area contributed by atoms with Crippen molar-refractivity contribution in [3.05, 3.63) is 21.4 Å². The van der Waals surface area contributed by atoms with E-state index in [2.05, 4.69) is 11.4 Å². The Labute approximate surface area is 121 Å². The second-order valence-electron chi connectivity index (χ2n) is 4.54. The third-order valence-electron chi connectivity index (χ3n) is 2.92. The molecule has 1 amide bonds. The van der Waals surface area contributed by atoms with Crippen LogP contribution in [-0.2, 0) is 12.2 Å². The first-order valence-corrected chi connectivity index (χ1v) is 8.69. The van der Waals surface area contributed by atoms with Crippen molar-refractivity contribution in [3.63, 3.8) is 0 Å². The smallest absolute Gasteiger partial charge is 0.261 e. The number of thioether (sulfide) groups is 1. The number of alkyl halides is 1. The number of thiophene rings is 1. The molecule has 1 aromatic heterocycles. The molecule has 1 unspecified atom stereocenters. The van der Waals surface area contributed by atoms with E-state index in [4.69, 9.17) is 11.6 Å². The number of carbonyl (C=O) groups is 1. The Morgan fingerprint density at radius 1 is 1.61 bits per heavy atom. The Kier molecular flexibility index (Phi) is 5.39. The van der Waals surface area contributed by atoms with Crippen molar-refractivity contribution in [1.82, 2.24) is 5.32 Å². The molecule has 0 radical (unpaired) electrons. The van der Waals surface area contributed by atoms with Gasteiger partial charge in [0.25, 0.3) is 5.91 Å². The second kappa shape index (κ2) is 6.83. The van der Waals surface area contributed by atoms with Crippen molar-refractivity contribution < 1.29 is 4.79 Å². The summed E-state index contributed by atoms with van der Waals surface area (Å²) in [6.07, 6.45) is 3.00. The van der Waals surface area contributed by atoms with E-state index < -0.39 is 0 Å². The molecule has 1 aliphatic heterocycles. The van der Waals surface area contributed by atoms with Gasteiger partial charge in [0.2, 0.25) is 0 Å². The molecule has 1 aromatic rings. The Balaban J connectivity index is 1.83. The van der Waals surface area contributed by atoms with Gasteiger partial charge in [0, 0.05) is 22.6 Å². The van der Waals surface area contributed by atoms with Crippen LogP contribution < -0.4 is 5.32 Å². The molecule has 1 aliphatic rings. The Bertz CT molecular complexity index is 394. The minimum Gasteiger partial charge on any atom is -0.351 e. The third kappa shape index (κ3) is 3.90. The van der Waals surface area contributed by atoms with Gasteiger partial charge in [-0.25, -0.2) is 0 Å². The van der Waals surface area contributed by atoms with E-state index in [0.717, 1.165) is 29.9 Å². The molecule has 0 aliphatic carbocycles. The highest BCUT2D eigenvalue weighted by Crippen LogP contribution is 2.31. The second-order valence-corrected chi connectivity index (χ2v) is 7.53. The fourth-order valence-corrected chi connectivity index (χ4v) is 4.37. The van der Waals surface area contributed by atoms with Crippen molar-refractivity contribution in [3.8, 4) is 0 Å². The van der Waals surface area contributed by atoms with Gasteiger partial charge in [-0.1, -0.05) is 0 Å². The first kappa shape index (κ1) is 14.2. The molecule has 0 saturated heterocycles. The third-order valence-corrected chi connectivity index (χ3v) is 5.38. The summed E-state index contributed by atoms with van der Waals surface area (Å²) in [6.45, 7) is 2.70. The van der Waals surface area contributed by atoms with Crippen LogP contribution >= 0.6 is 34.7 Å². The zero-order chi connectivity index (χ0) is 13.0. The van der Waals surface area contributed by atoms with E-state index in [1.807, 2.05) is 18.7 Å². The van der Waals surface area contributed by atoms with E-state index in [1.54, 1.807) is 11.3 Å². The average Bonchev–Trinajstić information content (AvgIpc) is 2.78. The van der Waals surface area contributed by atoms with Gasteiger partial charge in [-0.2, -0.15) is 11.8 Å². The number of aryl methyl sites for hydroxylation is 1. The van der Waals surface area contributed by atoms with Gasteiger partial charge in [0.15, 0.2) is 0 Å². The molecule has 0 fully saturated rings. The Morgan fingerprint density at radius 3 is 3.17 bits per heavy atom. The summed E-state index contributed by atoms with van der Waals surface area (Å²) in [4.78, 5) is 14.2. The van der Waals surface area contributed by atoms with Gasteiger partial charge in [-0.15, -0.1) is 22.9 Å². The molecule has 0 spiro atoms. The SMILES string of the molecule is CC(Cl)CCCNC(=O)c1cc2c(s1)CCSC2. The summed E-state index contributed by atoms with van der Waals surface area (Å²) in [5.41, 5.74) is 1.36. The molecule has 2 nitrogen and oxygen atoms in total. The van der Waals surface area contributed by atoms with Crippen LogP contribution in [0.4, 0.5) is 0 Å². The van der Waals surface area contributed by atoms with Crippen molar-refractivity contribution in [2.24, 2.45) is 0 Å². The van der Waals surface area contributed by atoms with Gasteiger partial charge in [-0.3, -0.25) is 4.79 Å². The summed E-state index contributed by atoms with van der Waals surface area (Å²) >= 11 is 9.47. The lowest BCUT2D eigenvalue weighted by Gasteiger charge is -2.08. The fraction of sp³-hybridized carbons (Fsp3) is 0.615.